The molecule has 0 unspecified atom stereocenters. The lowest BCUT2D eigenvalue weighted by Gasteiger charge is -2.10. The van der Waals surface area contributed by atoms with Crippen molar-refractivity contribution < 1.29 is 9.66 Å². The van der Waals surface area contributed by atoms with Crippen LogP contribution in [0.15, 0.2) is 74.8 Å². The molecule has 3 rings (SSSR count). The molecule has 142 valence electrons. The average molecular weight is 506 g/mol. The number of aromatic nitrogens is 1. The lowest BCUT2D eigenvalue weighted by atomic mass is 10.2. The number of pyridine rings is 1. The van der Waals surface area contributed by atoms with Crippen LogP contribution in [0.4, 0.5) is 11.5 Å². The predicted octanol–water partition coefficient (Wildman–Crippen LogP) is 5.54. The highest BCUT2D eigenvalue weighted by molar-refractivity contribution is 9.10. The standard InChI is InChI=1S/C19H14Br2N4O3/c20-15-5-3-13(4-6-15)12-28-18-8-7-16(21)10-14(18)11-23-24-19-17(25(26)27)2-1-9-22-19/h1-11H,12H2,(H,22,24)/b23-11-. The Balaban J connectivity index is 1.74. The Morgan fingerprint density at radius 1 is 1.14 bits per heavy atom. The molecule has 2 aromatic carbocycles. The number of nitrogens with one attached hydrogen (secondary N) is 1. The largest absolute Gasteiger partial charge is 0.488 e. The summed E-state index contributed by atoms with van der Waals surface area (Å²) in [5, 5.41) is 15.1. The van der Waals surface area contributed by atoms with Crippen LogP contribution in [0, 0.1) is 10.1 Å². The van der Waals surface area contributed by atoms with Crippen LogP contribution >= 0.6 is 31.9 Å². The van der Waals surface area contributed by atoms with Crippen molar-refractivity contribution in [2.45, 2.75) is 6.61 Å². The number of halogens is 2. The van der Waals surface area contributed by atoms with E-state index in [0.717, 1.165) is 14.5 Å². The van der Waals surface area contributed by atoms with Gasteiger partial charge in [0.1, 0.15) is 12.4 Å². The van der Waals surface area contributed by atoms with E-state index < -0.39 is 4.92 Å². The zero-order valence-corrected chi connectivity index (χ0v) is 17.6. The molecular weight excluding hydrogens is 492 g/mol. The molecule has 0 atom stereocenters. The highest BCUT2D eigenvalue weighted by Gasteiger charge is 2.13. The maximum atomic E-state index is 11.0. The third kappa shape index (κ3) is 5.37. The van der Waals surface area contributed by atoms with Gasteiger partial charge in [-0.05, 0) is 42.0 Å². The molecule has 0 saturated carbocycles. The first kappa shape index (κ1) is 20.0. The lowest BCUT2D eigenvalue weighted by molar-refractivity contribution is -0.384. The molecular formula is C19H14Br2N4O3. The molecule has 0 aliphatic carbocycles. The molecule has 3 aromatic rings. The van der Waals surface area contributed by atoms with E-state index in [1.807, 2.05) is 42.5 Å². The van der Waals surface area contributed by atoms with Crippen molar-refractivity contribution in [1.82, 2.24) is 4.98 Å². The third-order valence-corrected chi connectivity index (χ3v) is 4.66. The summed E-state index contributed by atoms with van der Waals surface area (Å²) >= 11 is 6.83. The van der Waals surface area contributed by atoms with Gasteiger partial charge in [-0.25, -0.2) is 4.98 Å². The third-order valence-electron chi connectivity index (χ3n) is 3.64. The van der Waals surface area contributed by atoms with Crippen molar-refractivity contribution in [3.05, 3.63) is 91.0 Å². The van der Waals surface area contributed by atoms with E-state index in [1.165, 1.54) is 24.5 Å². The van der Waals surface area contributed by atoms with Crippen molar-refractivity contribution >= 4 is 49.6 Å². The maximum absolute atomic E-state index is 11.0. The molecule has 0 spiro atoms. The average Bonchev–Trinajstić information content (AvgIpc) is 2.69. The van der Waals surface area contributed by atoms with E-state index in [9.17, 15) is 10.1 Å². The van der Waals surface area contributed by atoms with Gasteiger partial charge in [-0.2, -0.15) is 5.10 Å². The second kappa shape index (κ2) is 9.43. The number of nitro groups is 1. The first-order valence-corrected chi connectivity index (χ1v) is 9.67. The molecule has 9 heteroatoms. The summed E-state index contributed by atoms with van der Waals surface area (Å²) < 4.78 is 7.76. The van der Waals surface area contributed by atoms with Gasteiger partial charge >= 0.3 is 5.69 Å². The van der Waals surface area contributed by atoms with E-state index >= 15 is 0 Å². The summed E-state index contributed by atoms with van der Waals surface area (Å²) in [6, 6.07) is 16.2. The van der Waals surface area contributed by atoms with Gasteiger partial charge in [0, 0.05) is 26.8 Å². The van der Waals surface area contributed by atoms with Crippen LogP contribution in [0.3, 0.4) is 0 Å². The van der Waals surface area contributed by atoms with Gasteiger partial charge in [0.15, 0.2) is 0 Å². The minimum absolute atomic E-state index is 0.0658. The maximum Gasteiger partial charge on any atom is 0.313 e. The summed E-state index contributed by atoms with van der Waals surface area (Å²) in [5.41, 5.74) is 4.19. The predicted molar refractivity (Wildman–Crippen MR) is 115 cm³/mol. The van der Waals surface area contributed by atoms with Gasteiger partial charge in [-0.15, -0.1) is 0 Å². The Bertz CT molecular complexity index is 1010. The number of anilines is 1. The van der Waals surface area contributed by atoms with E-state index in [0.29, 0.717) is 17.9 Å². The molecule has 0 amide bonds. The number of nitrogens with zero attached hydrogens (tertiary/aromatic N) is 3. The Hall–Kier alpha value is -2.78. The Morgan fingerprint density at radius 3 is 2.64 bits per heavy atom. The summed E-state index contributed by atoms with van der Waals surface area (Å²) in [4.78, 5) is 14.5. The highest BCUT2D eigenvalue weighted by atomic mass is 79.9. The number of hydrogen-bond acceptors (Lipinski definition) is 6. The number of ether oxygens (including phenoxy) is 1. The number of hydrogen-bond donors (Lipinski definition) is 1. The normalized spacial score (nSPS) is 10.8. The number of hydrazone groups is 1. The van der Waals surface area contributed by atoms with Crippen LogP contribution in [0.1, 0.15) is 11.1 Å². The van der Waals surface area contributed by atoms with Crippen molar-refractivity contribution in [1.29, 1.82) is 0 Å². The SMILES string of the molecule is O=[N+]([O-])c1cccnc1N/N=C\c1cc(Br)ccc1OCc1ccc(Br)cc1. The minimum atomic E-state index is -0.517. The smallest absolute Gasteiger partial charge is 0.313 e. The summed E-state index contributed by atoms with van der Waals surface area (Å²) in [7, 11) is 0. The molecule has 1 N–H and O–H groups in total. The number of benzene rings is 2. The van der Waals surface area contributed by atoms with E-state index in [2.05, 4.69) is 47.4 Å². The molecule has 1 heterocycles. The molecule has 0 aliphatic rings. The van der Waals surface area contributed by atoms with E-state index in [4.69, 9.17) is 4.74 Å². The molecule has 0 aliphatic heterocycles. The second-order valence-electron chi connectivity index (χ2n) is 5.60. The van der Waals surface area contributed by atoms with Gasteiger partial charge in [0.05, 0.1) is 11.1 Å². The molecule has 0 bridgehead atoms. The van der Waals surface area contributed by atoms with Gasteiger partial charge < -0.3 is 4.74 Å². The monoisotopic (exact) mass is 504 g/mol. The van der Waals surface area contributed by atoms with Crippen LogP contribution in [0.25, 0.3) is 0 Å². The highest BCUT2D eigenvalue weighted by Crippen LogP contribution is 2.24. The molecule has 0 fully saturated rings. The van der Waals surface area contributed by atoms with Gasteiger partial charge in [0.2, 0.25) is 5.82 Å². The van der Waals surface area contributed by atoms with Crippen LogP contribution in [0.2, 0.25) is 0 Å². The van der Waals surface area contributed by atoms with Crippen molar-refractivity contribution in [2.24, 2.45) is 5.10 Å². The fraction of sp³-hybridized carbons (Fsp3) is 0.0526. The van der Waals surface area contributed by atoms with Gasteiger partial charge in [0.25, 0.3) is 0 Å². The Kier molecular flexibility index (Phi) is 6.72. The van der Waals surface area contributed by atoms with Crippen molar-refractivity contribution in [3.63, 3.8) is 0 Å². The van der Waals surface area contributed by atoms with Crippen LogP contribution in [-0.2, 0) is 6.61 Å². The van der Waals surface area contributed by atoms with Crippen molar-refractivity contribution in [3.8, 4) is 5.75 Å². The van der Waals surface area contributed by atoms with Crippen molar-refractivity contribution in [2.75, 3.05) is 5.43 Å². The minimum Gasteiger partial charge on any atom is -0.488 e. The van der Waals surface area contributed by atoms with Gasteiger partial charge in [-0.3, -0.25) is 15.5 Å². The van der Waals surface area contributed by atoms with Crippen LogP contribution < -0.4 is 10.2 Å². The first-order valence-electron chi connectivity index (χ1n) is 8.08. The molecule has 28 heavy (non-hydrogen) atoms. The van der Waals surface area contributed by atoms with Gasteiger partial charge in [-0.1, -0.05) is 44.0 Å². The van der Waals surface area contributed by atoms with E-state index in [1.54, 1.807) is 0 Å². The first-order chi connectivity index (χ1) is 13.5. The topological polar surface area (TPSA) is 89.7 Å². The zero-order chi connectivity index (χ0) is 19.9. The van der Waals surface area contributed by atoms with Crippen LogP contribution in [0.5, 0.6) is 5.75 Å². The fourth-order valence-corrected chi connectivity index (χ4v) is 2.93. The summed E-state index contributed by atoms with van der Waals surface area (Å²) in [6.45, 7) is 0.398. The quantitative estimate of drug-likeness (QED) is 0.258. The lowest BCUT2D eigenvalue weighted by Crippen LogP contribution is -2.01. The second-order valence-corrected chi connectivity index (χ2v) is 7.43. The van der Waals surface area contributed by atoms with Crippen LogP contribution in [-0.4, -0.2) is 16.1 Å². The molecule has 1 aromatic heterocycles. The molecule has 0 radical (unpaired) electrons. The Labute approximate surface area is 177 Å². The molecule has 0 saturated heterocycles. The molecule has 7 nitrogen and oxygen atoms in total. The summed E-state index contributed by atoms with van der Waals surface area (Å²) in [5.74, 6) is 0.697. The Morgan fingerprint density at radius 2 is 1.89 bits per heavy atom. The van der Waals surface area contributed by atoms with E-state index in [-0.39, 0.29) is 11.5 Å². The number of rotatable bonds is 7. The zero-order valence-electron chi connectivity index (χ0n) is 14.4. The summed E-state index contributed by atoms with van der Waals surface area (Å²) in [6.07, 6.45) is 2.98. The fourth-order valence-electron chi connectivity index (χ4n) is 2.29.